The molecule has 0 atom stereocenters. The molecule has 102 valence electrons. The Bertz CT molecular complexity index is 629. The molecule has 0 radical (unpaired) electrons. The average molecular weight is 271 g/mol. The molecular weight excluding hydrogens is 259 g/mol. The van der Waals surface area contributed by atoms with E-state index < -0.39 is 17.7 Å². The van der Waals surface area contributed by atoms with Crippen LogP contribution < -0.4 is 4.74 Å². The van der Waals surface area contributed by atoms with Gasteiger partial charge < -0.3 is 9.72 Å². The zero-order valence-corrected chi connectivity index (χ0v) is 10.4. The highest BCUT2D eigenvalue weighted by Crippen LogP contribution is 2.35. The predicted molar refractivity (Wildman–Crippen MR) is 64.0 cm³/mol. The van der Waals surface area contributed by atoms with Crippen molar-refractivity contribution in [1.82, 2.24) is 4.98 Å². The van der Waals surface area contributed by atoms with Gasteiger partial charge in [-0.25, -0.2) is 0 Å². The Morgan fingerprint density at radius 3 is 2.63 bits per heavy atom. The first-order valence-corrected chi connectivity index (χ1v) is 5.73. The maximum atomic E-state index is 12.6. The number of halogens is 3. The highest BCUT2D eigenvalue weighted by atomic mass is 19.4. The van der Waals surface area contributed by atoms with E-state index in [2.05, 4.69) is 4.98 Å². The average Bonchev–Trinajstić information content (AvgIpc) is 2.64. The first kappa shape index (κ1) is 13.5. The van der Waals surface area contributed by atoms with Gasteiger partial charge in [0.25, 0.3) is 0 Å². The van der Waals surface area contributed by atoms with Crippen LogP contribution in [0.3, 0.4) is 0 Å². The van der Waals surface area contributed by atoms with E-state index in [0.29, 0.717) is 16.6 Å². The molecule has 3 nitrogen and oxygen atoms in total. The van der Waals surface area contributed by atoms with Crippen LogP contribution in [0.25, 0.3) is 10.9 Å². The van der Waals surface area contributed by atoms with Gasteiger partial charge in [-0.15, -0.1) is 0 Å². The van der Waals surface area contributed by atoms with E-state index in [0.717, 1.165) is 12.1 Å². The van der Waals surface area contributed by atoms with Gasteiger partial charge in [0.05, 0.1) is 16.8 Å². The summed E-state index contributed by atoms with van der Waals surface area (Å²) >= 11 is 0. The molecule has 0 aliphatic heterocycles. The summed E-state index contributed by atoms with van der Waals surface area (Å²) in [5.41, 5.74) is 0.0805. The van der Waals surface area contributed by atoms with Crippen molar-refractivity contribution in [3.8, 4) is 5.75 Å². The summed E-state index contributed by atoms with van der Waals surface area (Å²) in [6, 6.07) is 3.28. The van der Waals surface area contributed by atoms with Gasteiger partial charge in [0.15, 0.2) is 5.75 Å². The van der Waals surface area contributed by atoms with E-state index in [1.807, 2.05) is 0 Å². The molecule has 0 unspecified atom stereocenters. The second kappa shape index (κ2) is 4.60. The number of hydrogen-bond acceptors (Lipinski definition) is 2. The molecule has 0 aliphatic rings. The number of aryl methyl sites for hydroxylation is 1. The number of esters is 1. The number of alkyl halides is 3. The minimum absolute atomic E-state index is 0.201. The minimum atomic E-state index is -4.40. The molecule has 1 aromatic carbocycles. The number of rotatable bonds is 2. The van der Waals surface area contributed by atoms with Crippen LogP contribution in [0.2, 0.25) is 0 Å². The number of carbonyl (C=O) groups excluding carboxylic acids is 1. The Balaban J connectivity index is 2.51. The second-order valence-electron chi connectivity index (χ2n) is 4.16. The standard InChI is InChI=1S/C13H12F3NO2/c1-3-11(18)19-12-7(2)17-10-6-8(13(14,15)16)4-5-9(10)12/h4-6,17H,3H2,1-2H3. The smallest absolute Gasteiger partial charge is 0.416 e. The van der Waals surface area contributed by atoms with E-state index in [9.17, 15) is 18.0 Å². The summed E-state index contributed by atoms with van der Waals surface area (Å²) in [4.78, 5) is 14.1. The quantitative estimate of drug-likeness (QED) is 0.844. The second-order valence-corrected chi connectivity index (χ2v) is 4.16. The number of benzene rings is 1. The maximum Gasteiger partial charge on any atom is 0.416 e. The van der Waals surface area contributed by atoms with Crippen molar-refractivity contribution in [1.29, 1.82) is 0 Å². The van der Waals surface area contributed by atoms with E-state index in [4.69, 9.17) is 4.74 Å². The number of fused-ring (bicyclic) bond motifs is 1. The summed E-state index contributed by atoms with van der Waals surface area (Å²) in [6.45, 7) is 3.29. The molecule has 0 aliphatic carbocycles. The summed E-state index contributed by atoms with van der Waals surface area (Å²) in [6.07, 6.45) is -4.19. The number of aromatic nitrogens is 1. The Hall–Kier alpha value is -1.98. The topological polar surface area (TPSA) is 42.1 Å². The van der Waals surface area contributed by atoms with Gasteiger partial charge in [0.1, 0.15) is 0 Å². The van der Waals surface area contributed by atoms with E-state index >= 15 is 0 Å². The molecule has 6 heteroatoms. The van der Waals surface area contributed by atoms with Crippen LogP contribution in [0, 0.1) is 6.92 Å². The van der Waals surface area contributed by atoms with Crippen molar-refractivity contribution >= 4 is 16.9 Å². The molecule has 1 aromatic heterocycles. The molecule has 1 N–H and O–H groups in total. The van der Waals surface area contributed by atoms with Gasteiger partial charge in [0.2, 0.25) is 0 Å². The van der Waals surface area contributed by atoms with Crippen molar-refractivity contribution in [2.75, 3.05) is 0 Å². The zero-order chi connectivity index (χ0) is 14.2. The lowest BCUT2D eigenvalue weighted by molar-refractivity contribution is -0.137. The van der Waals surface area contributed by atoms with Crippen LogP contribution in [-0.2, 0) is 11.0 Å². The lowest BCUT2D eigenvalue weighted by atomic mass is 10.1. The van der Waals surface area contributed by atoms with Crippen LogP contribution in [0.1, 0.15) is 24.6 Å². The van der Waals surface area contributed by atoms with Crippen molar-refractivity contribution in [3.05, 3.63) is 29.5 Å². The third kappa shape index (κ3) is 2.57. The molecule has 19 heavy (non-hydrogen) atoms. The van der Waals surface area contributed by atoms with E-state index in [1.165, 1.54) is 6.07 Å². The van der Waals surface area contributed by atoms with Crippen molar-refractivity contribution in [2.45, 2.75) is 26.4 Å². The van der Waals surface area contributed by atoms with Gasteiger partial charge in [-0.05, 0) is 25.1 Å². The van der Waals surface area contributed by atoms with E-state index in [1.54, 1.807) is 13.8 Å². The highest BCUT2D eigenvalue weighted by Gasteiger charge is 2.31. The molecule has 2 aromatic rings. The number of carbonyl (C=O) groups is 1. The summed E-state index contributed by atoms with van der Waals surface area (Å²) in [5, 5.41) is 0.465. The Morgan fingerprint density at radius 1 is 1.37 bits per heavy atom. The zero-order valence-electron chi connectivity index (χ0n) is 10.4. The fourth-order valence-corrected chi connectivity index (χ4v) is 1.80. The molecule has 0 saturated carbocycles. The minimum Gasteiger partial charge on any atom is -0.424 e. The van der Waals surface area contributed by atoms with Crippen molar-refractivity contribution in [2.24, 2.45) is 0 Å². The normalized spacial score (nSPS) is 11.8. The Kier molecular flexibility index (Phi) is 3.26. The molecule has 0 spiro atoms. The molecule has 1 heterocycles. The van der Waals surface area contributed by atoms with Crippen LogP contribution in [0.4, 0.5) is 13.2 Å². The largest absolute Gasteiger partial charge is 0.424 e. The number of nitrogens with one attached hydrogen (secondary N) is 1. The van der Waals surface area contributed by atoms with Gasteiger partial charge in [0, 0.05) is 11.8 Å². The number of aromatic amines is 1. The first-order chi connectivity index (χ1) is 8.82. The van der Waals surface area contributed by atoms with Gasteiger partial charge in [-0.1, -0.05) is 6.92 Å². The number of H-pyrrole nitrogens is 1. The molecule has 0 bridgehead atoms. The van der Waals surface area contributed by atoms with Gasteiger partial charge in [-0.2, -0.15) is 13.2 Å². The van der Waals surface area contributed by atoms with Crippen molar-refractivity contribution < 1.29 is 22.7 Å². The Morgan fingerprint density at radius 2 is 2.05 bits per heavy atom. The molecule has 0 amide bonds. The lowest BCUT2D eigenvalue weighted by Gasteiger charge is -2.06. The summed E-state index contributed by atoms with van der Waals surface area (Å²) in [7, 11) is 0. The van der Waals surface area contributed by atoms with Crippen LogP contribution in [-0.4, -0.2) is 11.0 Å². The predicted octanol–water partition coefficient (Wildman–Crippen LogP) is 3.81. The Labute approximate surface area is 107 Å². The number of hydrogen-bond donors (Lipinski definition) is 1. The summed E-state index contributed by atoms with van der Waals surface area (Å²) in [5.74, 6) is -0.139. The molecular formula is C13H12F3NO2. The van der Waals surface area contributed by atoms with Gasteiger partial charge in [-0.3, -0.25) is 4.79 Å². The molecule has 0 fully saturated rings. The fraction of sp³-hybridized carbons (Fsp3) is 0.308. The van der Waals surface area contributed by atoms with Crippen LogP contribution in [0.15, 0.2) is 18.2 Å². The third-order valence-electron chi connectivity index (χ3n) is 2.76. The van der Waals surface area contributed by atoms with Crippen LogP contribution >= 0.6 is 0 Å². The van der Waals surface area contributed by atoms with Crippen molar-refractivity contribution in [3.63, 3.8) is 0 Å². The third-order valence-corrected chi connectivity index (χ3v) is 2.76. The van der Waals surface area contributed by atoms with Crippen LogP contribution in [0.5, 0.6) is 5.75 Å². The first-order valence-electron chi connectivity index (χ1n) is 5.73. The monoisotopic (exact) mass is 271 g/mol. The fourth-order valence-electron chi connectivity index (χ4n) is 1.80. The highest BCUT2D eigenvalue weighted by molar-refractivity contribution is 5.90. The molecule has 2 rings (SSSR count). The lowest BCUT2D eigenvalue weighted by Crippen LogP contribution is -2.06. The number of ether oxygens (including phenoxy) is 1. The maximum absolute atomic E-state index is 12.6. The van der Waals surface area contributed by atoms with Gasteiger partial charge >= 0.3 is 12.1 Å². The summed E-state index contributed by atoms with van der Waals surface area (Å²) < 4.78 is 42.9. The SMILES string of the molecule is CCC(=O)Oc1c(C)[nH]c2cc(C(F)(F)F)ccc12. The van der Waals surface area contributed by atoms with E-state index in [-0.39, 0.29) is 12.2 Å². The molecule has 0 saturated heterocycles.